The van der Waals surface area contributed by atoms with Crippen molar-refractivity contribution in [2.75, 3.05) is 12.3 Å². The van der Waals surface area contributed by atoms with Gasteiger partial charge in [0.2, 0.25) is 0 Å². The zero-order chi connectivity index (χ0) is 17.6. The predicted molar refractivity (Wildman–Crippen MR) is 97.3 cm³/mol. The highest BCUT2D eigenvalue weighted by molar-refractivity contribution is 7.90. The molecule has 2 aliphatic rings. The van der Waals surface area contributed by atoms with Gasteiger partial charge in [0.25, 0.3) is 10.0 Å². The molecule has 0 radical (unpaired) electrons. The third-order valence-electron chi connectivity index (χ3n) is 4.09. The van der Waals surface area contributed by atoms with Crippen molar-refractivity contribution in [1.29, 1.82) is 0 Å². The fourth-order valence-corrected chi connectivity index (χ4v) is 3.85. The zero-order valence-corrected chi connectivity index (χ0v) is 14.7. The van der Waals surface area contributed by atoms with E-state index >= 15 is 0 Å². The molecule has 0 spiro atoms. The van der Waals surface area contributed by atoms with Crippen LogP contribution >= 0.6 is 0 Å². The van der Waals surface area contributed by atoms with Crippen LogP contribution in [0.4, 0.5) is 0 Å². The third-order valence-corrected chi connectivity index (χ3v) is 5.24. The predicted octanol–water partition coefficient (Wildman–Crippen LogP) is 2.00. The van der Waals surface area contributed by atoms with Crippen molar-refractivity contribution in [3.8, 4) is 5.69 Å². The summed E-state index contributed by atoms with van der Waals surface area (Å²) < 4.78 is 29.7. The maximum atomic E-state index is 11.9. The zero-order valence-electron chi connectivity index (χ0n) is 13.9. The molecule has 0 unspecified atom stereocenters. The number of fused-ring (bicyclic) bond motifs is 1. The number of sulfonamides is 1. The van der Waals surface area contributed by atoms with Gasteiger partial charge in [-0.1, -0.05) is 12.1 Å². The van der Waals surface area contributed by atoms with Gasteiger partial charge in [-0.05, 0) is 37.6 Å². The molecule has 2 aromatic rings. The van der Waals surface area contributed by atoms with Gasteiger partial charge in [0.1, 0.15) is 0 Å². The van der Waals surface area contributed by atoms with Crippen molar-refractivity contribution in [2.24, 2.45) is 9.50 Å². The highest BCUT2D eigenvalue weighted by atomic mass is 32.2. The SMILES string of the molecule is CC1=NN2CCS(=O)(=O)N=C2C(c2ccc(-n3cnc(C)c3)cc2)=C1. The summed E-state index contributed by atoms with van der Waals surface area (Å²) in [5, 5.41) is 6.04. The number of imidazole rings is 1. The Hall–Kier alpha value is -2.74. The Bertz CT molecular complexity index is 1030. The summed E-state index contributed by atoms with van der Waals surface area (Å²) >= 11 is 0. The van der Waals surface area contributed by atoms with E-state index in [0.717, 1.165) is 28.2 Å². The molecule has 1 aromatic heterocycles. The first-order valence-corrected chi connectivity index (χ1v) is 9.51. The molecule has 0 aliphatic carbocycles. The Labute approximate surface area is 146 Å². The second-order valence-corrected chi connectivity index (χ2v) is 7.85. The van der Waals surface area contributed by atoms with E-state index in [0.29, 0.717) is 12.4 Å². The molecule has 0 atom stereocenters. The summed E-state index contributed by atoms with van der Waals surface area (Å²) in [7, 11) is -3.44. The van der Waals surface area contributed by atoms with E-state index in [4.69, 9.17) is 0 Å². The first-order valence-electron chi connectivity index (χ1n) is 7.90. The monoisotopic (exact) mass is 355 g/mol. The van der Waals surface area contributed by atoms with Gasteiger partial charge < -0.3 is 4.57 Å². The quantitative estimate of drug-likeness (QED) is 0.825. The summed E-state index contributed by atoms with van der Waals surface area (Å²) in [5.41, 5.74) is 4.42. The molecule has 8 heteroatoms. The average molecular weight is 355 g/mol. The smallest absolute Gasteiger partial charge is 0.256 e. The third kappa shape index (κ3) is 3.00. The number of aryl methyl sites for hydroxylation is 1. The molecule has 2 aliphatic heterocycles. The van der Waals surface area contributed by atoms with E-state index < -0.39 is 10.0 Å². The van der Waals surface area contributed by atoms with Gasteiger partial charge in [-0.25, -0.2) is 18.4 Å². The first-order chi connectivity index (χ1) is 11.9. The lowest BCUT2D eigenvalue weighted by atomic mass is 10.0. The van der Waals surface area contributed by atoms with Crippen LogP contribution in [0.2, 0.25) is 0 Å². The number of benzene rings is 1. The van der Waals surface area contributed by atoms with Crippen LogP contribution in [-0.2, 0) is 10.0 Å². The normalized spacial score (nSPS) is 19.0. The molecule has 1 aromatic carbocycles. The van der Waals surface area contributed by atoms with Crippen LogP contribution in [0, 0.1) is 6.92 Å². The van der Waals surface area contributed by atoms with E-state index in [1.807, 2.05) is 55.0 Å². The van der Waals surface area contributed by atoms with Crippen LogP contribution in [0.25, 0.3) is 11.3 Å². The fraction of sp³-hybridized carbons (Fsp3) is 0.235. The number of amidine groups is 1. The number of nitrogens with zero attached hydrogens (tertiary/aromatic N) is 5. The lowest BCUT2D eigenvalue weighted by Crippen LogP contribution is -2.39. The maximum Gasteiger partial charge on any atom is 0.256 e. The Balaban J connectivity index is 1.75. The number of rotatable bonds is 2. The van der Waals surface area contributed by atoms with Gasteiger partial charge in [-0.3, -0.25) is 0 Å². The number of hydrazone groups is 1. The van der Waals surface area contributed by atoms with E-state index in [1.165, 1.54) is 0 Å². The Morgan fingerprint density at radius 3 is 2.56 bits per heavy atom. The second kappa shape index (κ2) is 5.66. The van der Waals surface area contributed by atoms with Gasteiger partial charge in [0.05, 0.1) is 30.0 Å². The van der Waals surface area contributed by atoms with Gasteiger partial charge in [-0.15, -0.1) is 4.40 Å². The number of hydrogen-bond donors (Lipinski definition) is 0. The Kier molecular flexibility index (Phi) is 3.57. The fourth-order valence-electron chi connectivity index (χ4n) is 2.90. The first kappa shape index (κ1) is 15.8. The summed E-state index contributed by atoms with van der Waals surface area (Å²) in [6.45, 7) is 4.15. The van der Waals surface area contributed by atoms with Crippen molar-refractivity contribution >= 4 is 27.1 Å². The molecular weight excluding hydrogens is 338 g/mol. The Morgan fingerprint density at radius 2 is 1.88 bits per heavy atom. The molecule has 0 fully saturated rings. The van der Waals surface area contributed by atoms with E-state index in [2.05, 4.69) is 14.5 Å². The van der Waals surface area contributed by atoms with E-state index in [-0.39, 0.29) is 5.75 Å². The minimum Gasteiger partial charge on any atom is -0.306 e. The molecule has 4 rings (SSSR count). The highest BCUT2D eigenvalue weighted by Crippen LogP contribution is 2.26. The Morgan fingerprint density at radius 1 is 1.12 bits per heavy atom. The summed E-state index contributed by atoms with van der Waals surface area (Å²) in [4.78, 5) is 4.23. The van der Waals surface area contributed by atoms with Crippen molar-refractivity contribution in [3.05, 3.63) is 54.1 Å². The van der Waals surface area contributed by atoms with Crippen LogP contribution in [0.3, 0.4) is 0 Å². The van der Waals surface area contributed by atoms with Crippen molar-refractivity contribution in [3.63, 3.8) is 0 Å². The molecule has 25 heavy (non-hydrogen) atoms. The molecule has 0 N–H and O–H groups in total. The van der Waals surface area contributed by atoms with Crippen molar-refractivity contribution in [2.45, 2.75) is 13.8 Å². The largest absolute Gasteiger partial charge is 0.306 e. The topological polar surface area (TPSA) is 79.9 Å². The summed E-state index contributed by atoms with van der Waals surface area (Å²) in [5.74, 6) is 0.377. The molecular formula is C17H17N5O2S. The molecule has 0 saturated carbocycles. The standard InChI is InChI=1S/C17H17N5O2S/c1-12-9-16(17-20-25(23,24)8-7-22(17)19-12)14-3-5-15(6-4-14)21-10-13(2)18-11-21/h3-6,9-11H,7-8H2,1-2H3. The van der Waals surface area contributed by atoms with Crippen LogP contribution in [-0.4, -0.2) is 46.8 Å². The van der Waals surface area contributed by atoms with Crippen LogP contribution in [0.5, 0.6) is 0 Å². The molecule has 7 nitrogen and oxygen atoms in total. The molecule has 0 saturated heterocycles. The lowest BCUT2D eigenvalue weighted by molar-refractivity contribution is 0.461. The highest BCUT2D eigenvalue weighted by Gasteiger charge is 2.29. The lowest BCUT2D eigenvalue weighted by Gasteiger charge is -2.29. The van der Waals surface area contributed by atoms with Crippen LogP contribution in [0.15, 0.2) is 52.4 Å². The average Bonchev–Trinajstić information content (AvgIpc) is 3.01. The number of hydrogen-bond acceptors (Lipinski definition) is 5. The second-order valence-electron chi connectivity index (χ2n) is 6.09. The molecule has 0 bridgehead atoms. The van der Waals surface area contributed by atoms with Gasteiger partial charge >= 0.3 is 0 Å². The van der Waals surface area contributed by atoms with Crippen molar-refractivity contribution in [1.82, 2.24) is 14.6 Å². The number of aromatic nitrogens is 2. The minimum atomic E-state index is -3.44. The maximum absolute atomic E-state index is 11.9. The van der Waals surface area contributed by atoms with Gasteiger partial charge in [0, 0.05) is 17.5 Å². The van der Waals surface area contributed by atoms with Crippen LogP contribution in [0.1, 0.15) is 18.2 Å². The van der Waals surface area contributed by atoms with Crippen LogP contribution < -0.4 is 0 Å². The summed E-state index contributed by atoms with van der Waals surface area (Å²) in [6, 6.07) is 7.86. The van der Waals surface area contributed by atoms with Gasteiger partial charge in [-0.2, -0.15) is 5.10 Å². The minimum absolute atomic E-state index is 0.0144. The number of allylic oxidation sites excluding steroid dienone is 1. The van der Waals surface area contributed by atoms with E-state index in [1.54, 1.807) is 11.3 Å². The van der Waals surface area contributed by atoms with Gasteiger partial charge in [0.15, 0.2) is 5.84 Å². The molecule has 3 heterocycles. The summed E-state index contributed by atoms with van der Waals surface area (Å²) in [6.07, 6.45) is 5.58. The molecule has 128 valence electrons. The van der Waals surface area contributed by atoms with E-state index in [9.17, 15) is 8.42 Å². The van der Waals surface area contributed by atoms with Crippen molar-refractivity contribution < 1.29 is 8.42 Å². The molecule has 0 amide bonds.